The van der Waals surface area contributed by atoms with E-state index in [0.29, 0.717) is 0 Å². The second kappa shape index (κ2) is 6.26. The summed E-state index contributed by atoms with van der Waals surface area (Å²) in [6.07, 6.45) is -0.273. The van der Waals surface area contributed by atoms with Gasteiger partial charge in [0.1, 0.15) is 22.9 Å². The van der Waals surface area contributed by atoms with Crippen LogP contribution >= 0.6 is 0 Å². The zero-order chi connectivity index (χ0) is 14.6. The van der Waals surface area contributed by atoms with E-state index in [0.717, 1.165) is 12.1 Å². The van der Waals surface area contributed by atoms with Gasteiger partial charge in [0.15, 0.2) is 0 Å². The highest BCUT2D eigenvalue weighted by Crippen LogP contribution is 2.22. The Labute approximate surface area is 109 Å². The van der Waals surface area contributed by atoms with Gasteiger partial charge in [0.05, 0.1) is 12.7 Å². The Kier molecular flexibility index (Phi) is 4.97. The summed E-state index contributed by atoms with van der Waals surface area (Å²) in [4.78, 5) is 22.7. The lowest BCUT2D eigenvalue weighted by Gasteiger charge is -2.11. The van der Waals surface area contributed by atoms with Gasteiger partial charge in [-0.15, -0.1) is 0 Å². The van der Waals surface area contributed by atoms with Crippen molar-refractivity contribution < 1.29 is 27.8 Å². The van der Waals surface area contributed by atoms with Crippen LogP contribution in [0.4, 0.5) is 8.78 Å². The maximum Gasteiger partial charge on any atom is 0.379 e. The first-order chi connectivity index (χ1) is 8.86. The zero-order valence-corrected chi connectivity index (χ0v) is 10.8. The minimum Gasteiger partial charge on any atom is -0.491 e. The van der Waals surface area contributed by atoms with Crippen molar-refractivity contribution in [1.29, 1.82) is 0 Å². The van der Waals surface area contributed by atoms with Gasteiger partial charge in [-0.2, -0.15) is 0 Å². The van der Waals surface area contributed by atoms with Gasteiger partial charge in [0.25, 0.3) is 5.78 Å². The first-order valence-corrected chi connectivity index (χ1v) is 5.74. The molecular formula is C13H14F2O4. The van der Waals surface area contributed by atoms with E-state index in [9.17, 15) is 18.4 Å². The molecule has 0 aliphatic carbocycles. The fourth-order valence-corrected chi connectivity index (χ4v) is 1.41. The van der Waals surface area contributed by atoms with Crippen molar-refractivity contribution in [3.05, 3.63) is 29.3 Å². The highest BCUT2D eigenvalue weighted by molar-refractivity contribution is 6.40. The molecule has 0 heterocycles. The van der Waals surface area contributed by atoms with Crippen LogP contribution in [0, 0.1) is 11.6 Å². The third kappa shape index (κ3) is 3.74. The minimum atomic E-state index is -1.35. The number of hydrogen-bond acceptors (Lipinski definition) is 4. The van der Waals surface area contributed by atoms with E-state index in [4.69, 9.17) is 4.74 Å². The average Bonchev–Trinajstić information content (AvgIpc) is 2.27. The standard InChI is InChI=1S/C13H14F2O4/c1-4-18-13(17)12(16)11-9(14)5-8(6-10(11)15)19-7(2)3/h5-7H,4H2,1-3H3. The van der Waals surface area contributed by atoms with Crippen LogP contribution in [0.15, 0.2) is 12.1 Å². The summed E-state index contributed by atoms with van der Waals surface area (Å²) >= 11 is 0. The van der Waals surface area contributed by atoms with E-state index in [1.54, 1.807) is 13.8 Å². The monoisotopic (exact) mass is 272 g/mol. The normalized spacial score (nSPS) is 10.4. The largest absolute Gasteiger partial charge is 0.491 e. The number of carbonyl (C=O) groups excluding carboxylic acids is 2. The number of halogens is 2. The third-order valence-electron chi connectivity index (χ3n) is 2.08. The molecule has 0 saturated carbocycles. The Morgan fingerprint density at radius 1 is 1.21 bits per heavy atom. The molecule has 0 aromatic heterocycles. The van der Waals surface area contributed by atoms with Crippen molar-refractivity contribution >= 4 is 11.8 Å². The molecule has 0 N–H and O–H groups in total. The van der Waals surface area contributed by atoms with Gasteiger partial charge in [-0.05, 0) is 20.8 Å². The van der Waals surface area contributed by atoms with Gasteiger partial charge < -0.3 is 9.47 Å². The van der Waals surface area contributed by atoms with Gasteiger partial charge >= 0.3 is 5.97 Å². The molecule has 0 amide bonds. The molecule has 19 heavy (non-hydrogen) atoms. The van der Waals surface area contributed by atoms with Crippen LogP contribution < -0.4 is 4.74 Å². The van der Waals surface area contributed by atoms with Crippen molar-refractivity contribution in [3.8, 4) is 5.75 Å². The van der Waals surface area contributed by atoms with E-state index in [2.05, 4.69) is 4.74 Å². The quantitative estimate of drug-likeness (QED) is 0.469. The molecule has 0 atom stereocenters. The van der Waals surface area contributed by atoms with Crippen LogP contribution in [0.5, 0.6) is 5.75 Å². The summed E-state index contributed by atoms with van der Waals surface area (Å²) in [5.41, 5.74) is -0.936. The highest BCUT2D eigenvalue weighted by atomic mass is 19.1. The number of esters is 1. The van der Waals surface area contributed by atoms with Crippen LogP contribution in [-0.2, 0) is 9.53 Å². The molecule has 0 saturated heterocycles. The SMILES string of the molecule is CCOC(=O)C(=O)c1c(F)cc(OC(C)C)cc1F. The molecule has 0 aliphatic rings. The molecule has 0 bridgehead atoms. The van der Waals surface area contributed by atoms with E-state index >= 15 is 0 Å². The topological polar surface area (TPSA) is 52.6 Å². The lowest BCUT2D eigenvalue weighted by molar-refractivity contribution is -0.137. The number of hydrogen-bond donors (Lipinski definition) is 0. The van der Waals surface area contributed by atoms with Crippen LogP contribution in [-0.4, -0.2) is 24.5 Å². The molecule has 1 rings (SSSR count). The van der Waals surface area contributed by atoms with Gasteiger partial charge in [0, 0.05) is 12.1 Å². The summed E-state index contributed by atoms with van der Waals surface area (Å²) in [7, 11) is 0. The second-order valence-corrected chi connectivity index (χ2v) is 3.98. The molecule has 0 unspecified atom stereocenters. The Bertz CT molecular complexity index is 474. The summed E-state index contributed by atoms with van der Waals surface area (Å²) in [5.74, 6) is -5.02. The molecule has 1 aromatic rings. The molecule has 1 aromatic carbocycles. The van der Waals surface area contributed by atoms with Crippen molar-refractivity contribution in [2.45, 2.75) is 26.9 Å². The molecule has 0 fully saturated rings. The molecule has 0 radical (unpaired) electrons. The van der Waals surface area contributed by atoms with Crippen LogP contribution in [0.3, 0.4) is 0 Å². The molecular weight excluding hydrogens is 258 g/mol. The summed E-state index contributed by atoms with van der Waals surface area (Å²) in [6, 6.07) is 1.71. The summed E-state index contributed by atoms with van der Waals surface area (Å²) in [6.45, 7) is 4.81. The maximum atomic E-state index is 13.7. The number of Topliss-reactive ketones (excluding diaryl/α,β-unsaturated/α-hetero) is 1. The van der Waals surface area contributed by atoms with Gasteiger partial charge in [0.2, 0.25) is 0 Å². The molecule has 6 heteroatoms. The fourth-order valence-electron chi connectivity index (χ4n) is 1.41. The zero-order valence-electron chi connectivity index (χ0n) is 10.8. The predicted octanol–water partition coefficient (Wildman–Crippen LogP) is 2.50. The number of ketones is 1. The predicted molar refractivity (Wildman–Crippen MR) is 63.1 cm³/mol. The van der Waals surface area contributed by atoms with E-state index in [1.165, 1.54) is 6.92 Å². The van der Waals surface area contributed by atoms with Crippen LogP contribution in [0.25, 0.3) is 0 Å². The van der Waals surface area contributed by atoms with Crippen molar-refractivity contribution in [2.24, 2.45) is 0 Å². The molecule has 0 spiro atoms. The van der Waals surface area contributed by atoms with Gasteiger partial charge in [-0.3, -0.25) is 4.79 Å². The van der Waals surface area contributed by atoms with E-state index in [-0.39, 0.29) is 18.5 Å². The Morgan fingerprint density at radius 2 is 1.74 bits per heavy atom. The summed E-state index contributed by atoms with van der Waals surface area (Å²) < 4.78 is 36.8. The highest BCUT2D eigenvalue weighted by Gasteiger charge is 2.26. The lowest BCUT2D eigenvalue weighted by atomic mass is 10.1. The first-order valence-electron chi connectivity index (χ1n) is 5.74. The first kappa shape index (κ1) is 15.1. The van der Waals surface area contributed by atoms with Gasteiger partial charge in [-0.1, -0.05) is 0 Å². The van der Waals surface area contributed by atoms with Gasteiger partial charge in [-0.25, -0.2) is 13.6 Å². The number of ether oxygens (including phenoxy) is 2. The van der Waals surface area contributed by atoms with Crippen LogP contribution in [0.2, 0.25) is 0 Å². The fraction of sp³-hybridized carbons (Fsp3) is 0.385. The van der Waals surface area contributed by atoms with E-state index in [1.807, 2.05) is 0 Å². The van der Waals surface area contributed by atoms with E-state index < -0.39 is 29.0 Å². The maximum absolute atomic E-state index is 13.7. The molecule has 104 valence electrons. The number of carbonyl (C=O) groups is 2. The van der Waals surface area contributed by atoms with Crippen molar-refractivity contribution in [2.75, 3.05) is 6.61 Å². The summed E-state index contributed by atoms with van der Waals surface area (Å²) in [5, 5.41) is 0. The molecule has 4 nitrogen and oxygen atoms in total. The average molecular weight is 272 g/mol. The van der Waals surface area contributed by atoms with Crippen LogP contribution in [0.1, 0.15) is 31.1 Å². The third-order valence-corrected chi connectivity index (χ3v) is 2.08. The van der Waals surface area contributed by atoms with Crippen molar-refractivity contribution in [3.63, 3.8) is 0 Å². The second-order valence-electron chi connectivity index (χ2n) is 3.98. The Morgan fingerprint density at radius 3 is 2.16 bits per heavy atom. The number of rotatable bonds is 5. The molecule has 0 aliphatic heterocycles. The Balaban J connectivity index is 3.10. The number of benzene rings is 1. The van der Waals surface area contributed by atoms with Crippen molar-refractivity contribution in [1.82, 2.24) is 0 Å². The smallest absolute Gasteiger partial charge is 0.379 e. The lowest BCUT2D eigenvalue weighted by Crippen LogP contribution is -2.20. The Hall–Kier alpha value is -1.98. The minimum absolute atomic E-state index is 0.0505.